The molecule has 4 fully saturated rings. The minimum absolute atomic E-state index is 0.0161. The van der Waals surface area contributed by atoms with Gasteiger partial charge in [-0.15, -0.1) is 11.6 Å². The number of anilines is 1. The highest BCUT2D eigenvalue weighted by atomic mass is 35.5. The van der Waals surface area contributed by atoms with Gasteiger partial charge in [0.05, 0.1) is 18.7 Å². The van der Waals surface area contributed by atoms with Crippen LogP contribution < -0.4 is 5.32 Å². The normalized spacial score (nSPS) is 37.7. The van der Waals surface area contributed by atoms with Gasteiger partial charge in [-0.25, -0.2) is 9.78 Å². The van der Waals surface area contributed by atoms with Gasteiger partial charge in [0, 0.05) is 4.87 Å². The molecule has 1 amide bonds. The molecule has 4 aliphatic carbocycles. The minimum atomic E-state index is -0.433. The first-order chi connectivity index (χ1) is 10.9. The van der Waals surface area contributed by atoms with Crippen molar-refractivity contribution in [3.63, 3.8) is 0 Å². The molecule has 5 nitrogen and oxygen atoms in total. The quantitative estimate of drug-likeness (QED) is 0.666. The number of ether oxygens (including phenoxy) is 1. The molecule has 7 heteroatoms. The lowest BCUT2D eigenvalue weighted by Gasteiger charge is -2.59. The summed E-state index contributed by atoms with van der Waals surface area (Å²) in [5.41, 5.74) is -0.358. The average molecular weight is 355 g/mol. The second kappa shape index (κ2) is 5.18. The van der Waals surface area contributed by atoms with E-state index in [9.17, 15) is 9.59 Å². The van der Waals surface area contributed by atoms with Crippen LogP contribution in [0, 0.1) is 17.3 Å². The first-order valence-corrected chi connectivity index (χ1v) is 9.15. The van der Waals surface area contributed by atoms with Gasteiger partial charge in [-0.05, 0) is 50.4 Å². The molecule has 1 aromatic heterocycles. The molecule has 0 unspecified atom stereocenters. The lowest BCUT2D eigenvalue weighted by atomic mass is 9.49. The fourth-order valence-electron chi connectivity index (χ4n) is 5.17. The molecule has 4 bridgehead atoms. The fourth-order valence-corrected chi connectivity index (χ4v) is 6.59. The SMILES string of the molecule is COC(=O)c1cnc(NC(=O)C23C[C@H]4C[C@@H](CC(Cl)(C4)C2)C3)s1. The van der Waals surface area contributed by atoms with Gasteiger partial charge in [0.25, 0.3) is 0 Å². The number of esters is 1. The molecule has 0 radical (unpaired) electrons. The van der Waals surface area contributed by atoms with Gasteiger partial charge in [0.2, 0.25) is 5.91 Å². The Morgan fingerprint density at radius 2 is 2.04 bits per heavy atom. The zero-order valence-electron chi connectivity index (χ0n) is 12.9. The van der Waals surface area contributed by atoms with Crippen LogP contribution in [0.4, 0.5) is 5.13 Å². The van der Waals surface area contributed by atoms with Crippen molar-refractivity contribution in [3.8, 4) is 0 Å². The highest BCUT2D eigenvalue weighted by Crippen LogP contribution is 2.64. The van der Waals surface area contributed by atoms with Crippen molar-refractivity contribution in [2.45, 2.75) is 43.4 Å². The molecule has 5 rings (SSSR count). The predicted octanol–water partition coefficient (Wildman–Crippen LogP) is 3.45. The Kier molecular flexibility index (Phi) is 3.47. The molecule has 1 N–H and O–H groups in total. The third-order valence-corrected chi connectivity index (χ3v) is 6.92. The van der Waals surface area contributed by atoms with Gasteiger partial charge in [-0.3, -0.25) is 4.79 Å². The highest BCUT2D eigenvalue weighted by molar-refractivity contribution is 7.17. The van der Waals surface area contributed by atoms with Gasteiger partial charge in [0.1, 0.15) is 4.88 Å². The molecular formula is C16H19ClN2O3S. The van der Waals surface area contributed by atoms with E-state index >= 15 is 0 Å². The van der Waals surface area contributed by atoms with E-state index in [0.717, 1.165) is 43.4 Å². The molecule has 0 aromatic carbocycles. The second-order valence-electron chi connectivity index (χ2n) is 7.37. The molecule has 0 aliphatic heterocycles. The summed E-state index contributed by atoms with van der Waals surface area (Å²) in [4.78, 5) is 28.8. The van der Waals surface area contributed by atoms with E-state index in [0.29, 0.717) is 21.8 Å². The van der Waals surface area contributed by atoms with Gasteiger partial charge < -0.3 is 10.1 Å². The molecule has 2 atom stereocenters. The number of methoxy groups -OCH3 is 1. The number of alkyl halides is 1. The summed E-state index contributed by atoms with van der Waals surface area (Å²) in [5, 5.41) is 3.37. The van der Waals surface area contributed by atoms with Crippen LogP contribution in [0.1, 0.15) is 48.2 Å². The maximum absolute atomic E-state index is 12.9. The number of halogens is 1. The van der Waals surface area contributed by atoms with Crippen LogP contribution in [0.15, 0.2) is 6.20 Å². The monoisotopic (exact) mass is 354 g/mol. The maximum atomic E-state index is 12.9. The van der Waals surface area contributed by atoms with E-state index in [4.69, 9.17) is 11.6 Å². The smallest absolute Gasteiger partial charge is 0.349 e. The number of nitrogens with one attached hydrogen (secondary N) is 1. The zero-order valence-corrected chi connectivity index (χ0v) is 14.5. The summed E-state index contributed by atoms with van der Waals surface area (Å²) in [6.45, 7) is 0. The Bertz CT molecular complexity index is 660. The van der Waals surface area contributed by atoms with Crippen molar-refractivity contribution >= 4 is 39.9 Å². The standard InChI is InChI=1S/C16H19ClN2O3S/c1-22-12(20)11-7-18-14(23-11)19-13(21)15-3-9-2-10(4-15)6-16(17,5-9)8-15/h7,9-10H,2-6,8H2,1H3,(H,18,19,21)/t9-,10-,15?,16?/m1/s1. The van der Waals surface area contributed by atoms with Crippen LogP contribution in [0.25, 0.3) is 0 Å². The molecular weight excluding hydrogens is 336 g/mol. The number of carbonyl (C=O) groups is 2. The molecule has 1 aromatic rings. The van der Waals surface area contributed by atoms with Crippen molar-refractivity contribution in [1.29, 1.82) is 0 Å². The number of carbonyl (C=O) groups excluding carboxylic acids is 2. The number of hydrogen-bond donors (Lipinski definition) is 1. The number of hydrogen-bond acceptors (Lipinski definition) is 5. The largest absolute Gasteiger partial charge is 0.465 e. The van der Waals surface area contributed by atoms with E-state index < -0.39 is 5.97 Å². The number of thiazole rings is 1. The third kappa shape index (κ3) is 2.56. The number of rotatable bonds is 3. The topological polar surface area (TPSA) is 68.3 Å². The van der Waals surface area contributed by atoms with Crippen LogP contribution in [0.5, 0.6) is 0 Å². The molecule has 23 heavy (non-hydrogen) atoms. The molecule has 0 saturated heterocycles. The highest BCUT2D eigenvalue weighted by Gasteiger charge is 2.60. The summed E-state index contributed by atoms with van der Waals surface area (Å²) >= 11 is 7.92. The van der Waals surface area contributed by atoms with Crippen LogP contribution >= 0.6 is 22.9 Å². The summed E-state index contributed by atoms with van der Waals surface area (Å²) in [7, 11) is 1.33. The van der Waals surface area contributed by atoms with E-state index in [1.54, 1.807) is 0 Å². The van der Waals surface area contributed by atoms with Crippen molar-refractivity contribution < 1.29 is 14.3 Å². The van der Waals surface area contributed by atoms with E-state index in [2.05, 4.69) is 15.0 Å². The van der Waals surface area contributed by atoms with Crippen molar-refractivity contribution in [2.24, 2.45) is 17.3 Å². The Morgan fingerprint density at radius 3 is 2.65 bits per heavy atom. The maximum Gasteiger partial charge on any atom is 0.349 e. The van der Waals surface area contributed by atoms with Crippen molar-refractivity contribution in [2.75, 3.05) is 12.4 Å². The minimum Gasteiger partial charge on any atom is -0.465 e. The lowest BCUT2D eigenvalue weighted by molar-refractivity contribution is -0.138. The molecule has 4 aliphatic rings. The fraction of sp³-hybridized carbons (Fsp3) is 0.688. The van der Waals surface area contributed by atoms with Crippen LogP contribution in [-0.4, -0.2) is 28.8 Å². The van der Waals surface area contributed by atoms with Crippen molar-refractivity contribution in [1.82, 2.24) is 4.98 Å². The van der Waals surface area contributed by atoms with Gasteiger partial charge in [-0.2, -0.15) is 0 Å². The Labute approximate surface area is 143 Å². The lowest BCUT2D eigenvalue weighted by Crippen LogP contribution is -2.57. The number of nitrogens with zero attached hydrogens (tertiary/aromatic N) is 1. The Balaban J connectivity index is 1.53. The number of aromatic nitrogens is 1. The molecule has 1 heterocycles. The van der Waals surface area contributed by atoms with Gasteiger partial charge >= 0.3 is 5.97 Å². The van der Waals surface area contributed by atoms with E-state index in [1.165, 1.54) is 19.7 Å². The zero-order chi connectivity index (χ0) is 16.2. The Hall–Kier alpha value is -1.14. The third-order valence-electron chi connectivity index (χ3n) is 5.58. The average Bonchev–Trinajstić information content (AvgIpc) is 2.92. The molecule has 0 spiro atoms. The second-order valence-corrected chi connectivity index (χ2v) is 9.20. The molecule has 124 valence electrons. The van der Waals surface area contributed by atoms with Crippen LogP contribution in [0.3, 0.4) is 0 Å². The summed E-state index contributed by atoms with van der Waals surface area (Å²) in [5.74, 6) is 0.725. The predicted molar refractivity (Wildman–Crippen MR) is 87.8 cm³/mol. The number of amides is 1. The van der Waals surface area contributed by atoms with Gasteiger partial charge in [0.15, 0.2) is 5.13 Å². The van der Waals surface area contributed by atoms with Crippen LogP contribution in [0.2, 0.25) is 0 Å². The summed E-state index contributed by atoms with van der Waals surface area (Å²) in [6, 6.07) is 0. The first kappa shape index (κ1) is 15.4. The van der Waals surface area contributed by atoms with Gasteiger partial charge in [-0.1, -0.05) is 11.3 Å². The molecule has 4 saturated carbocycles. The first-order valence-electron chi connectivity index (χ1n) is 7.96. The van der Waals surface area contributed by atoms with Crippen molar-refractivity contribution in [3.05, 3.63) is 11.1 Å². The Morgan fingerprint density at radius 1 is 1.35 bits per heavy atom. The van der Waals surface area contributed by atoms with E-state index in [1.807, 2.05) is 0 Å². The van der Waals surface area contributed by atoms with E-state index in [-0.39, 0.29) is 16.2 Å². The van der Waals surface area contributed by atoms with Crippen LogP contribution in [-0.2, 0) is 9.53 Å². The summed E-state index contributed by atoms with van der Waals surface area (Å²) in [6.07, 6.45) is 7.36. The summed E-state index contributed by atoms with van der Waals surface area (Å²) < 4.78 is 4.67.